The van der Waals surface area contributed by atoms with Crippen LogP contribution in [0.3, 0.4) is 0 Å². The average molecular weight is 542 g/mol. The van der Waals surface area contributed by atoms with Gasteiger partial charge in [0.05, 0.1) is 39.2 Å². The van der Waals surface area contributed by atoms with Crippen molar-refractivity contribution in [3.8, 4) is 26.8 Å². The number of hydrogen-bond donors (Lipinski definition) is 0. The number of pyridine rings is 1. The molecule has 0 saturated heterocycles. The van der Waals surface area contributed by atoms with Crippen molar-refractivity contribution in [3.63, 3.8) is 0 Å². The molecule has 3 nitrogen and oxygen atoms in total. The minimum atomic E-state index is -0.719. The number of nitrogens with zero attached hydrogens (tertiary/aromatic N) is 1. The first-order chi connectivity index (χ1) is 17.4. The smallest absolute Gasteiger partial charge is 0.260 e. The Hall–Kier alpha value is -3.19. The van der Waals surface area contributed by atoms with Gasteiger partial charge in [0.15, 0.2) is 0 Å². The van der Waals surface area contributed by atoms with Crippen LogP contribution >= 0.6 is 34.5 Å². The predicted molar refractivity (Wildman–Crippen MR) is 144 cm³/mol. The minimum absolute atomic E-state index is 0.0798. The number of thiophene rings is 1. The second-order valence-corrected chi connectivity index (χ2v) is 10.0. The van der Waals surface area contributed by atoms with Crippen LogP contribution in [0.4, 0.5) is 8.78 Å². The fourth-order valence-electron chi connectivity index (χ4n) is 4.10. The number of benzene rings is 3. The van der Waals surface area contributed by atoms with Crippen molar-refractivity contribution in [2.24, 2.45) is 0 Å². The molecular weight excluding hydrogens is 523 g/mol. The Bertz CT molecular complexity index is 1660. The summed E-state index contributed by atoms with van der Waals surface area (Å²) >= 11 is 14.2. The third-order valence-corrected chi connectivity index (χ3v) is 7.57. The molecule has 5 aromatic rings. The molecule has 0 aliphatic rings. The Kier molecular flexibility index (Phi) is 6.84. The van der Waals surface area contributed by atoms with Crippen LogP contribution in [0.1, 0.15) is 12.5 Å². The number of hydrogen-bond acceptors (Lipinski definition) is 3. The average Bonchev–Trinajstić information content (AvgIpc) is 3.33. The Morgan fingerprint density at radius 2 is 1.72 bits per heavy atom. The highest BCUT2D eigenvalue weighted by Gasteiger charge is 2.17. The number of fused-ring (bicyclic) bond motifs is 1. The van der Waals surface area contributed by atoms with Gasteiger partial charge in [-0.05, 0) is 66.4 Å². The van der Waals surface area contributed by atoms with Crippen molar-refractivity contribution in [3.05, 3.63) is 110 Å². The molecular formula is C28H19Cl2F2NO2S. The van der Waals surface area contributed by atoms with E-state index in [1.807, 2.05) is 49.4 Å². The number of aromatic nitrogens is 1. The molecule has 2 heterocycles. The molecule has 0 saturated carbocycles. The van der Waals surface area contributed by atoms with Crippen molar-refractivity contribution >= 4 is 45.3 Å². The van der Waals surface area contributed by atoms with Crippen LogP contribution in [-0.2, 0) is 6.54 Å². The molecule has 0 unspecified atom stereocenters. The van der Waals surface area contributed by atoms with Crippen LogP contribution in [0, 0.1) is 11.6 Å². The van der Waals surface area contributed by atoms with E-state index in [1.54, 1.807) is 12.1 Å². The molecule has 2 aromatic heterocycles. The van der Waals surface area contributed by atoms with E-state index in [4.69, 9.17) is 27.9 Å². The molecule has 0 amide bonds. The zero-order chi connectivity index (χ0) is 25.4. The molecule has 182 valence electrons. The van der Waals surface area contributed by atoms with Gasteiger partial charge in [-0.25, -0.2) is 8.78 Å². The summed E-state index contributed by atoms with van der Waals surface area (Å²) in [6.45, 7) is 2.33. The minimum Gasteiger partial charge on any atom is -0.492 e. The topological polar surface area (TPSA) is 31.2 Å². The molecule has 5 rings (SSSR count). The van der Waals surface area contributed by atoms with Gasteiger partial charge in [-0.3, -0.25) is 4.79 Å². The number of rotatable bonds is 6. The van der Waals surface area contributed by atoms with E-state index in [1.165, 1.54) is 28.0 Å². The first kappa shape index (κ1) is 24.5. The van der Waals surface area contributed by atoms with Gasteiger partial charge < -0.3 is 9.30 Å². The summed E-state index contributed by atoms with van der Waals surface area (Å²) in [5.74, 6) is -0.786. The van der Waals surface area contributed by atoms with Crippen molar-refractivity contribution < 1.29 is 13.5 Å². The Morgan fingerprint density at radius 1 is 0.917 bits per heavy atom. The van der Waals surface area contributed by atoms with Crippen LogP contribution in [0.25, 0.3) is 31.8 Å². The van der Waals surface area contributed by atoms with Crippen LogP contribution in [-0.4, -0.2) is 11.2 Å². The Balaban J connectivity index is 1.65. The molecule has 0 bridgehead atoms. The second-order valence-electron chi connectivity index (χ2n) is 8.10. The Morgan fingerprint density at radius 3 is 2.47 bits per heavy atom. The molecule has 3 aromatic carbocycles. The lowest BCUT2D eigenvalue weighted by molar-refractivity contribution is 0.340. The fourth-order valence-corrected chi connectivity index (χ4v) is 5.62. The number of halogens is 4. The largest absolute Gasteiger partial charge is 0.492 e. The molecule has 0 aliphatic carbocycles. The quantitative estimate of drug-likeness (QED) is 0.216. The zero-order valence-electron chi connectivity index (χ0n) is 19.0. The van der Waals surface area contributed by atoms with E-state index in [2.05, 4.69) is 0 Å². The maximum Gasteiger partial charge on any atom is 0.260 e. The molecule has 0 fully saturated rings. The van der Waals surface area contributed by atoms with Crippen LogP contribution in [0.2, 0.25) is 10.0 Å². The maximum atomic E-state index is 14.5. The molecule has 0 spiro atoms. The van der Waals surface area contributed by atoms with Gasteiger partial charge in [0.1, 0.15) is 17.4 Å². The highest BCUT2D eigenvalue weighted by Crippen LogP contribution is 2.38. The Labute approximate surface area is 220 Å². The van der Waals surface area contributed by atoms with E-state index in [0.29, 0.717) is 38.9 Å². The molecule has 0 atom stereocenters. The summed E-state index contributed by atoms with van der Waals surface area (Å²) < 4.78 is 35.0. The lowest BCUT2D eigenvalue weighted by atomic mass is 10.1. The van der Waals surface area contributed by atoms with E-state index in [-0.39, 0.29) is 17.7 Å². The van der Waals surface area contributed by atoms with Gasteiger partial charge in [0.25, 0.3) is 5.56 Å². The molecule has 36 heavy (non-hydrogen) atoms. The summed E-state index contributed by atoms with van der Waals surface area (Å²) in [5.41, 5.74) is 1.35. The molecule has 0 N–H and O–H groups in total. The highest BCUT2D eigenvalue weighted by atomic mass is 35.5. The van der Waals surface area contributed by atoms with Crippen LogP contribution in [0.5, 0.6) is 5.75 Å². The standard InChI is InChI=1S/C28H19Cl2F2NO2S/c1-2-35-24-9-7-16(12-21(24)30)25-10-11-26(36-25)23-13-17-4-3-5-20(29)27(17)28(34)33(23)15-18-6-8-19(31)14-22(18)32/h3-14H,2,15H2,1H3. The predicted octanol–water partition coefficient (Wildman–Crippen LogP) is 8.43. The molecule has 0 radical (unpaired) electrons. The van der Waals surface area contributed by atoms with Gasteiger partial charge >= 0.3 is 0 Å². The summed E-state index contributed by atoms with van der Waals surface area (Å²) in [4.78, 5) is 15.3. The van der Waals surface area contributed by atoms with Gasteiger partial charge in [-0.1, -0.05) is 41.4 Å². The summed E-state index contributed by atoms with van der Waals surface area (Å²) in [7, 11) is 0. The van der Waals surface area contributed by atoms with Crippen molar-refractivity contribution in [2.45, 2.75) is 13.5 Å². The first-order valence-corrected chi connectivity index (χ1v) is 12.7. The van der Waals surface area contributed by atoms with Gasteiger partial charge in [-0.2, -0.15) is 0 Å². The summed E-state index contributed by atoms with van der Waals surface area (Å²) in [5, 5.41) is 1.85. The maximum absolute atomic E-state index is 14.5. The third-order valence-electron chi connectivity index (χ3n) is 5.81. The van der Waals surface area contributed by atoms with Crippen molar-refractivity contribution in [2.75, 3.05) is 6.61 Å². The normalized spacial score (nSPS) is 11.2. The van der Waals surface area contributed by atoms with Crippen LogP contribution in [0.15, 0.2) is 77.6 Å². The SMILES string of the molecule is CCOc1ccc(-c2ccc(-c3cc4cccc(Cl)c4c(=O)n3Cc3ccc(F)cc3F)s2)cc1Cl. The van der Waals surface area contributed by atoms with Crippen molar-refractivity contribution in [1.82, 2.24) is 4.57 Å². The van der Waals surface area contributed by atoms with E-state index in [0.717, 1.165) is 21.4 Å². The summed E-state index contributed by atoms with van der Waals surface area (Å²) in [6.07, 6.45) is 0. The van der Waals surface area contributed by atoms with Crippen LogP contribution < -0.4 is 10.3 Å². The molecule has 8 heteroatoms. The fraction of sp³-hybridized carbons (Fsp3) is 0.107. The van der Waals surface area contributed by atoms with E-state index >= 15 is 0 Å². The zero-order valence-corrected chi connectivity index (χ0v) is 21.4. The van der Waals surface area contributed by atoms with E-state index in [9.17, 15) is 13.6 Å². The summed E-state index contributed by atoms with van der Waals surface area (Å²) in [6, 6.07) is 19.9. The highest BCUT2D eigenvalue weighted by molar-refractivity contribution is 7.18. The number of ether oxygens (including phenoxy) is 1. The first-order valence-electron chi connectivity index (χ1n) is 11.1. The molecule has 0 aliphatic heterocycles. The van der Waals surface area contributed by atoms with Crippen molar-refractivity contribution in [1.29, 1.82) is 0 Å². The van der Waals surface area contributed by atoms with Gasteiger partial charge in [-0.15, -0.1) is 11.3 Å². The van der Waals surface area contributed by atoms with Gasteiger partial charge in [0.2, 0.25) is 0 Å². The lowest BCUT2D eigenvalue weighted by Gasteiger charge is -2.15. The monoisotopic (exact) mass is 541 g/mol. The van der Waals surface area contributed by atoms with Gasteiger partial charge in [0, 0.05) is 16.5 Å². The van der Waals surface area contributed by atoms with E-state index < -0.39 is 11.6 Å². The lowest BCUT2D eigenvalue weighted by Crippen LogP contribution is -2.23. The third kappa shape index (κ3) is 4.64. The second kappa shape index (κ2) is 10.1.